The Morgan fingerprint density at radius 1 is 1.50 bits per heavy atom. The second-order valence-corrected chi connectivity index (χ2v) is 5.86. The van der Waals surface area contributed by atoms with E-state index < -0.39 is 5.91 Å². The number of aryl methyl sites for hydroxylation is 2. The maximum Gasteiger partial charge on any atom is 0.288 e. The van der Waals surface area contributed by atoms with Crippen LogP contribution in [0.4, 0.5) is 0 Å². The molecule has 2 aromatic rings. The van der Waals surface area contributed by atoms with Crippen LogP contribution >= 0.6 is 0 Å². The lowest BCUT2D eigenvalue weighted by Crippen LogP contribution is -2.36. The number of nitrogens with two attached hydrogens (primary N) is 1. The van der Waals surface area contributed by atoms with Crippen molar-refractivity contribution in [2.75, 3.05) is 13.1 Å². The zero-order valence-corrected chi connectivity index (χ0v) is 12.9. The van der Waals surface area contributed by atoms with Crippen molar-refractivity contribution in [3.05, 3.63) is 29.1 Å². The van der Waals surface area contributed by atoms with Crippen molar-refractivity contribution in [1.82, 2.24) is 29.9 Å². The van der Waals surface area contributed by atoms with Gasteiger partial charge in [-0.15, -0.1) is 5.10 Å². The minimum atomic E-state index is -0.587. The predicted octanol–water partition coefficient (Wildman–Crippen LogP) is 0.554. The van der Waals surface area contributed by atoms with Crippen LogP contribution in [0, 0.1) is 13.8 Å². The quantitative estimate of drug-likeness (QED) is 0.858. The number of nitrogens with zero attached hydrogens (tertiary/aromatic N) is 5. The molecule has 0 spiro atoms. The average Bonchev–Trinajstić information content (AvgIpc) is 3.10. The fourth-order valence-corrected chi connectivity index (χ4v) is 2.98. The first-order valence-electron chi connectivity index (χ1n) is 7.48. The van der Waals surface area contributed by atoms with E-state index in [-0.39, 0.29) is 11.9 Å². The van der Waals surface area contributed by atoms with E-state index in [2.05, 4.69) is 25.2 Å². The number of primary amides is 1. The Labute approximate surface area is 128 Å². The Balaban J connectivity index is 1.70. The van der Waals surface area contributed by atoms with Crippen LogP contribution in [-0.4, -0.2) is 48.9 Å². The molecule has 3 heterocycles. The normalized spacial score (nSPS) is 19.5. The maximum atomic E-state index is 11.1. The third-order valence-electron chi connectivity index (χ3n) is 4.25. The van der Waals surface area contributed by atoms with Gasteiger partial charge in [-0.25, -0.2) is 9.67 Å². The van der Waals surface area contributed by atoms with E-state index in [1.165, 1.54) is 5.56 Å². The third kappa shape index (κ3) is 2.87. The first-order valence-corrected chi connectivity index (χ1v) is 7.48. The molecule has 1 saturated heterocycles. The molecule has 1 fully saturated rings. The van der Waals surface area contributed by atoms with Crippen LogP contribution in [0.25, 0.3) is 0 Å². The van der Waals surface area contributed by atoms with Crippen molar-refractivity contribution in [2.24, 2.45) is 5.73 Å². The van der Waals surface area contributed by atoms with Gasteiger partial charge < -0.3 is 5.73 Å². The van der Waals surface area contributed by atoms with Crippen molar-refractivity contribution >= 4 is 5.91 Å². The summed E-state index contributed by atoms with van der Waals surface area (Å²) >= 11 is 0. The van der Waals surface area contributed by atoms with Gasteiger partial charge in [0.1, 0.15) is 6.33 Å². The van der Waals surface area contributed by atoms with Gasteiger partial charge in [0.05, 0.1) is 11.7 Å². The third-order valence-corrected chi connectivity index (χ3v) is 4.25. The lowest BCUT2D eigenvalue weighted by atomic mass is 10.0. The predicted molar refractivity (Wildman–Crippen MR) is 80.1 cm³/mol. The molecule has 8 nitrogen and oxygen atoms in total. The monoisotopic (exact) mass is 303 g/mol. The number of carbonyl (C=O) groups excluding carboxylic acids is 1. The number of hydrogen-bond donors (Lipinski definition) is 2. The van der Waals surface area contributed by atoms with Crippen LogP contribution in [-0.2, 0) is 6.54 Å². The zero-order chi connectivity index (χ0) is 15.7. The standard InChI is InChI=1S/C14H21N7O/c1-9-12(10(2)18-17-9)7-20-5-3-4-11(6-20)21-8-16-14(19-21)13(15)22/h8,11H,3-7H2,1-2H3,(H2,15,22)(H,17,18)/t11-/m1/s1. The molecule has 3 rings (SSSR count). The molecule has 0 radical (unpaired) electrons. The van der Waals surface area contributed by atoms with Crippen LogP contribution in [0.5, 0.6) is 0 Å². The van der Waals surface area contributed by atoms with Crippen LogP contribution in [0.1, 0.15) is 46.5 Å². The van der Waals surface area contributed by atoms with Crippen LogP contribution in [0.2, 0.25) is 0 Å². The number of rotatable bonds is 4. The highest BCUT2D eigenvalue weighted by Crippen LogP contribution is 2.23. The largest absolute Gasteiger partial charge is 0.363 e. The van der Waals surface area contributed by atoms with Gasteiger partial charge in [-0.05, 0) is 33.2 Å². The molecular weight excluding hydrogens is 282 g/mol. The van der Waals surface area contributed by atoms with E-state index in [9.17, 15) is 4.79 Å². The fourth-order valence-electron chi connectivity index (χ4n) is 2.98. The number of aromatic amines is 1. The molecular formula is C14H21N7O. The summed E-state index contributed by atoms with van der Waals surface area (Å²) in [6.45, 7) is 6.88. The number of H-pyrrole nitrogens is 1. The molecule has 1 aliphatic rings. The number of piperidine rings is 1. The van der Waals surface area contributed by atoms with Crippen LogP contribution in [0.15, 0.2) is 6.33 Å². The first-order chi connectivity index (χ1) is 10.5. The number of hydrogen-bond acceptors (Lipinski definition) is 5. The number of likely N-dealkylation sites (tertiary alicyclic amines) is 1. The van der Waals surface area contributed by atoms with E-state index in [4.69, 9.17) is 5.73 Å². The van der Waals surface area contributed by atoms with Gasteiger partial charge in [-0.2, -0.15) is 5.10 Å². The number of carbonyl (C=O) groups is 1. The highest BCUT2D eigenvalue weighted by Gasteiger charge is 2.24. The minimum absolute atomic E-state index is 0.0821. The Morgan fingerprint density at radius 2 is 2.32 bits per heavy atom. The molecule has 1 atom stereocenters. The van der Waals surface area contributed by atoms with E-state index in [0.717, 1.165) is 43.9 Å². The molecule has 118 valence electrons. The maximum absolute atomic E-state index is 11.1. The fraction of sp³-hybridized carbons (Fsp3) is 0.571. The molecule has 3 N–H and O–H groups in total. The summed E-state index contributed by atoms with van der Waals surface area (Å²) in [4.78, 5) is 17.5. The number of aromatic nitrogens is 5. The average molecular weight is 303 g/mol. The number of nitrogens with one attached hydrogen (secondary N) is 1. The summed E-state index contributed by atoms with van der Waals surface area (Å²) in [5.74, 6) is -0.505. The van der Waals surface area contributed by atoms with Crippen molar-refractivity contribution in [3.8, 4) is 0 Å². The molecule has 0 aliphatic carbocycles. The van der Waals surface area contributed by atoms with Crippen molar-refractivity contribution in [3.63, 3.8) is 0 Å². The summed E-state index contributed by atoms with van der Waals surface area (Å²) in [5.41, 5.74) is 8.64. The Bertz CT molecular complexity index is 655. The Kier molecular flexibility index (Phi) is 3.93. The molecule has 1 amide bonds. The summed E-state index contributed by atoms with van der Waals surface area (Å²) in [6.07, 6.45) is 3.72. The zero-order valence-electron chi connectivity index (χ0n) is 12.9. The van der Waals surface area contributed by atoms with Gasteiger partial charge in [0.2, 0.25) is 5.82 Å². The lowest BCUT2D eigenvalue weighted by molar-refractivity contribution is 0.0989. The van der Waals surface area contributed by atoms with E-state index in [1.807, 2.05) is 13.8 Å². The first kappa shape index (κ1) is 14.7. The molecule has 0 bridgehead atoms. The number of amides is 1. The van der Waals surface area contributed by atoms with Crippen molar-refractivity contribution < 1.29 is 4.79 Å². The van der Waals surface area contributed by atoms with E-state index in [1.54, 1.807) is 11.0 Å². The van der Waals surface area contributed by atoms with Gasteiger partial charge in [-0.1, -0.05) is 0 Å². The molecule has 0 saturated carbocycles. The molecule has 1 aliphatic heterocycles. The van der Waals surface area contributed by atoms with Crippen LogP contribution in [0.3, 0.4) is 0 Å². The van der Waals surface area contributed by atoms with Gasteiger partial charge in [-0.3, -0.25) is 14.8 Å². The summed E-state index contributed by atoms with van der Waals surface area (Å²) < 4.78 is 1.77. The van der Waals surface area contributed by atoms with E-state index in [0.29, 0.717) is 0 Å². The lowest BCUT2D eigenvalue weighted by Gasteiger charge is -2.32. The van der Waals surface area contributed by atoms with Gasteiger partial charge in [0.15, 0.2) is 0 Å². The highest BCUT2D eigenvalue weighted by atomic mass is 16.1. The highest BCUT2D eigenvalue weighted by molar-refractivity contribution is 5.88. The Hall–Kier alpha value is -2.22. The molecule has 0 aromatic carbocycles. The van der Waals surface area contributed by atoms with Crippen molar-refractivity contribution in [1.29, 1.82) is 0 Å². The van der Waals surface area contributed by atoms with Crippen LogP contribution < -0.4 is 5.73 Å². The topological polar surface area (TPSA) is 106 Å². The van der Waals surface area contributed by atoms with E-state index >= 15 is 0 Å². The summed E-state index contributed by atoms with van der Waals surface area (Å²) in [6, 6.07) is 0.224. The van der Waals surface area contributed by atoms with Crippen molar-refractivity contribution in [2.45, 2.75) is 39.3 Å². The molecule has 8 heteroatoms. The second kappa shape index (κ2) is 5.88. The minimum Gasteiger partial charge on any atom is -0.363 e. The molecule has 22 heavy (non-hydrogen) atoms. The van der Waals surface area contributed by atoms with Gasteiger partial charge in [0, 0.05) is 24.3 Å². The summed E-state index contributed by atoms with van der Waals surface area (Å²) in [7, 11) is 0. The van der Waals surface area contributed by atoms with Gasteiger partial charge in [0.25, 0.3) is 5.91 Å². The molecule has 2 aromatic heterocycles. The second-order valence-electron chi connectivity index (χ2n) is 5.86. The SMILES string of the molecule is Cc1n[nH]c(C)c1CN1CCC[C@@H](n2cnc(C(N)=O)n2)C1. The Morgan fingerprint density at radius 3 is 2.95 bits per heavy atom. The molecule has 0 unspecified atom stereocenters. The van der Waals surface area contributed by atoms with Gasteiger partial charge >= 0.3 is 0 Å². The summed E-state index contributed by atoms with van der Waals surface area (Å²) in [5, 5.41) is 11.5. The smallest absolute Gasteiger partial charge is 0.288 e.